The van der Waals surface area contributed by atoms with Crippen molar-refractivity contribution in [2.75, 3.05) is 13.1 Å². The van der Waals surface area contributed by atoms with Gasteiger partial charge < -0.3 is 5.11 Å². The number of hydrogen-bond acceptors (Lipinski definition) is 2. The predicted octanol–water partition coefficient (Wildman–Crippen LogP) is 3.03. The lowest BCUT2D eigenvalue weighted by Gasteiger charge is -2.31. The molecule has 1 fully saturated rings. The number of rotatable bonds is 2. The Hall–Kier alpha value is -1.42. The molecule has 0 spiro atoms. The summed E-state index contributed by atoms with van der Waals surface area (Å²) in [7, 11) is 0. The van der Waals surface area contributed by atoms with Crippen LogP contribution in [0, 0.1) is 18.7 Å². The van der Waals surface area contributed by atoms with E-state index in [2.05, 4.69) is 25.7 Å². The van der Waals surface area contributed by atoms with Crippen LogP contribution in [0.15, 0.2) is 18.2 Å². The van der Waals surface area contributed by atoms with Crippen LogP contribution in [-0.4, -0.2) is 34.6 Å². The van der Waals surface area contributed by atoms with E-state index in [4.69, 9.17) is 0 Å². The lowest BCUT2D eigenvalue weighted by atomic mass is 9.88. The number of carboxylic acid groups (broad SMARTS) is 1. The highest BCUT2D eigenvalue weighted by Gasteiger charge is 2.42. The molecule has 3 nitrogen and oxygen atoms in total. The summed E-state index contributed by atoms with van der Waals surface area (Å²) in [4.78, 5) is 13.7. The Labute approximate surface area is 119 Å². The SMILES string of the molecule is Cc1ccc([C@H]2CN(C(C)(C)C)C[C@@H]2C(=O)O)cc1F. The van der Waals surface area contributed by atoms with Crippen LogP contribution in [0.25, 0.3) is 0 Å². The van der Waals surface area contributed by atoms with E-state index >= 15 is 0 Å². The highest BCUT2D eigenvalue weighted by atomic mass is 19.1. The third-order valence-electron chi connectivity index (χ3n) is 4.21. The first-order valence-corrected chi connectivity index (χ1v) is 6.94. The lowest BCUT2D eigenvalue weighted by molar-refractivity contribution is -0.141. The van der Waals surface area contributed by atoms with E-state index in [1.54, 1.807) is 13.0 Å². The van der Waals surface area contributed by atoms with E-state index in [1.807, 2.05) is 6.07 Å². The molecular weight excluding hydrogens is 257 g/mol. The Morgan fingerprint density at radius 1 is 1.35 bits per heavy atom. The molecule has 2 rings (SSSR count). The van der Waals surface area contributed by atoms with Gasteiger partial charge in [-0.2, -0.15) is 0 Å². The standard InChI is InChI=1S/C16H22FNO2/c1-10-5-6-11(7-14(10)17)12-8-18(16(2,3)4)9-13(12)15(19)20/h5-7,12-13H,8-9H2,1-4H3,(H,19,20)/t12-,13+/m1/s1. The van der Waals surface area contributed by atoms with Crippen molar-refractivity contribution >= 4 is 5.97 Å². The van der Waals surface area contributed by atoms with Crippen molar-refractivity contribution in [2.24, 2.45) is 5.92 Å². The molecule has 1 N–H and O–H groups in total. The second-order valence-electron chi connectivity index (χ2n) is 6.64. The van der Waals surface area contributed by atoms with Crippen LogP contribution < -0.4 is 0 Å². The molecule has 0 amide bonds. The molecule has 0 aliphatic carbocycles. The Morgan fingerprint density at radius 3 is 2.50 bits per heavy atom. The van der Waals surface area contributed by atoms with Gasteiger partial charge in [0.25, 0.3) is 0 Å². The van der Waals surface area contributed by atoms with Crippen molar-refractivity contribution in [1.29, 1.82) is 0 Å². The molecule has 0 saturated carbocycles. The number of carboxylic acids is 1. The Morgan fingerprint density at radius 2 is 2.00 bits per heavy atom. The van der Waals surface area contributed by atoms with E-state index < -0.39 is 11.9 Å². The smallest absolute Gasteiger partial charge is 0.308 e. The Kier molecular flexibility index (Phi) is 3.87. The first-order chi connectivity index (χ1) is 9.20. The normalized spacial score (nSPS) is 24.1. The average molecular weight is 279 g/mol. The molecule has 20 heavy (non-hydrogen) atoms. The average Bonchev–Trinajstić information content (AvgIpc) is 2.77. The number of hydrogen-bond donors (Lipinski definition) is 1. The van der Waals surface area contributed by atoms with Crippen LogP contribution in [0.3, 0.4) is 0 Å². The first-order valence-electron chi connectivity index (χ1n) is 6.94. The zero-order chi connectivity index (χ0) is 15.1. The van der Waals surface area contributed by atoms with Gasteiger partial charge in [-0.05, 0) is 44.9 Å². The van der Waals surface area contributed by atoms with Gasteiger partial charge in [-0.15, -0.1) is 0 Å². The van der Waals surface area contributed by atoms with E-state index in [9.17, 15) is 14.3 Å². The number of halogens is 1. The minimum atomic E-state index is -0.803. The highest BCUT2D eigenvalue weighted by molar-refractivity contribution is 5.72. The van der Waals surface area contributed by atoms with Gasteiger partial charge in [0.05, 0.1) is 5.92 Å². The molecule has 0 bridgehead atoms. The molecular formula is C16H22FNO2. The summed E-state index contributed by atoms with van der Waals surface area (Å²) in [5.74, 6) is -1.69. The third kappa shape index (κ3) is 2.85. The quantitative estimate of drug-likeness (QED) is 0.904. The van der Waals surface area contributed by atoms with Crippen molar-refractivity contribution in [3.05, 3.63) is 35.1 Å². The molecule has 1 heterocycles. The van der Waals surface area contributed by atoms with Crippen molar-refractivity contribution < 1.29 is 14.3 Å². The minimum Gasteiger partial charge on any atom is -0.481 e. The van der Waals surface area contributed by atoms with Crippen molar-refractivity contribution in [3.8, 4) is 0 Å². The summed E-state index contributed by atoms with van der Waals surface area (Å²) < 4.78 is 13.7. The maximum atomic E-state index is 13.7. The summed E-state index contributed by atoms with van der Waals surface area (Å²) in [5, 5.41) is 9.43. The van der Waals surface area contributed by atoms with Gasteiger partial charge in [0, 0.05) is 24.5 Å². The molecule has 1 saturated heterocycles. The number of aryl methyl sites for hydroxylation is 1. The van der Waals surface area contributed by atoms with Crippen LogP contribution in [0.1, 0.15) is 37.8 Å². The topological polar surface area (TPSA) is 40.5 Å². The molecule has 1 aromatic rings. The molecule has 110 valence electrons. The van der Waals surface area contributed by atoms with Gasteiger partial charge in [0.2, 0.25) is 0 Å². The second-order valence-corrected chi connectivity index (χ2v) is 6.64. The number of carbonyl (C=O) groups is 1. The van der Waals surface area contributed by atoms with Crippen molar-refractivity contribution in [3.63, 3.8) is 0 Å². The number of likely N-dealkylation sites (tertiary alicyclic amines) is 1. The van der Waals surface area contributed by atoms with E-state index in [0.717, 1.165) is 5.56 Å². The van der Waals surface area contributed by atoms with Gasteiger partial charge in [-0.25, -0.2) is 4.39 Å². The fourth-order valence-corrected chi connectivity index (χ4v) is 2.78. The van der Waals surface area contributed by atoms with Gasteiger partial charge in [0.15, 0.2) is 0 Å². The highest BCUT2D eigenvalue weighted by Crippen LogP contribution is 2.36. The molecule has 1 aliphatic rings. The Bertz CT molecular complexity index is 522. The summed E-state index contributed by atoms with van der Waals surface area (Å²) >= 11 is 0. The number of benzene rings is 1. The van der Waals surface area contributed by atoms with Crippen LogP contribution in [-0.2, 0) is 4.79 Å². The van der Waals surface area contributed by atoms with Crippen LogP contribution in [0.4, 0.5) is 4.39 Å². The van der Waals surface area contributed by atoms with Crippen molar-refractivity contribution in [2.45, 2.75) is 39.2 Å². The molecule has 2 atom stereocenters. The molecule has 1 aliphatic heterocycles. The first kappa shape index (κ1) is 15.0. The summed E-state index contributed by atoms with van der Waals surface area (Å²) in [6.45, 7) is 9.10. The van der Waals surface area contributed by atoms with Crippen LogP contribution in [0.5, 0.6) is 0 Å². The number of aliphatic carboxylic acids is 1. The summed E-state index contributed by atoms with van der Waals surface area (Å²) in [6, 6.07) is 5.07. The van der Waals surface area contributed by atoms with E-state index in [1.165, 1.54) is 6.07 Å². The molecule has 0 radical (unpaired) electrons. The maximum Gasteiger partial charge on any atom is 0.308 e. The minimum absolute atomic E-state index is 0.0777. The molecule has 0 aromatic heterocycles. The van der Waals surface area contributed by atoms with Gasteiger partial charge in [-0.3, -0.25) is 9.69 Å². The number of nitrogens with zero attached hydrogens (tertiary/aromatic N) is 1. The molecule has 4 heteroatoms. The predicted molar refractivity (Wildman–Crippen MR) is 76.3 cm³/mol. The van der Waals surface area contributed by atoms with E-state index in [0.29, 0.717) is 18.7 Å². The van der Waals surface area contributed by atoms with E-state index in [-0.39, 0.29) is 17.3 Å². The maximum absolute atomic E-state index is 13.7. The molecule has 1 aromatic carbocycles. The van der Waals surface area contributed by atoms with Crippen LogP contribution in [0.2, 0.25) is 0 Å². The second kappa shape index (κ2) is 5.17. The zero-order valence-corrected chi connectivity index (χ0v) is 12.5. The van der Waals surface area contributed by atoms with Gasteiger partial charge in [-0.1, -0.05) is 12.1 Å². The summed E-state index contributed by atoms with van der Waals surface area (Å²) in [6.07, 6.45) is 0. The third-order valence-corrected chi connectivity index (χ3v) is 4.21. The largest absolute Gasteiger partial charge is 0.481 e. The fraction of sp³-hybridized carbons (Fsp3) is 0.562. The van der Waals surface area contributed by atoms with Gasteiger partial charge >= 0.3 is 5.97 Å². The molecule has 0 unspecified atom stereocenters. The zero-order valence-electron chi connectivity index (χ0n) is 12.5. The monoisotopic (exact) mass is 279 g/mol. The fourth-order valence-electron chi connectivity index (χ4n) is 2.78. The lowest BCUT2D eigenvalue weighted by Crippen LogP contribution is -2.40. The van der Waals surface area contributed by atoms with Gasteiger partial charge in [0.1, 0.15) is 5.82 Å². The van der Waals surface area contributed by atoms with Crippen LogP contribution >= 0.6 is 0 Å². The summed E-state index contributed by atoms with van der Waals surface area (Å²) in [5.41, 5.74) is 1.30. The Balaban J connectivity index is 2.32. The van der Waals surface area contributed by atoms with Crippen molar-refractivity contribution in [1.82, 2.24) is 4.90 Å².